The zero-order valence-electron chi connectivity index (χ0n) is 20.9. The molecule has 2 aliphatic rings. The van der Waals surface area contributed by atoms with Crippen molar-refractivity contribution in [2.24, 2.45) is 0 Å². The number of benzene rings is 2. The average Bonchev–Trinajstić information content (AvgIpc) is 2.88. The minimum absolute atomic E-state index is 0.0350. The van der Waals surface area contributed by atoms with Crippen molar-refractivity contribution < 1.29 is 29.0 Å². The predicted molar refractivity (Wildman–Crippen MR) is 133 cm³/mol. The lowest BCUT2D eigenvalue weighted by Crippen LogP contribution is -2.75. The topological polar surface area (TPSA) is 123 Å². The third kappa shape index (κ3) is 5.83. The molecule has 0 radical (unpaired) electrons. The van der Waals surface area contributed by atoms with Crippen molar-refractivity contribution in [3.8, 4) is 5.75 Å². The first-order valence-electron chi connectivity index (χ1n) is 12.0. The lowest BCUT2D eigenvalue weighted by Gasteiger charge is -2.54. The van der Waals surface area contributed by atoms with Gasteiger partial charge in [0.2, 0.25) is 11.8 Å². The van der Waals surface area contributed by atoms with Crippen LogP contribution in [-0.4, -0.2) is 88.2 Å². The normalized spacial score (nSPS) is 20.0. The summed E-state index contributed by atoms with van der Waals surface area (Å²) in [7, 11) is 3.22. The second-order valence-electron chi connectivity index (χ2n) is 9.10. The Bertz CT molecular complexity index is 1140. The SMILES string of the molecule is COc1ccc(CNC(=O)N2[C@H]3CN(Cc4ccccc4)C(=O)C(CCC(=O)O)N3C(=O)CN2C)cc1. The van der Waals surface area contributed by atoms with Gasteiger partial charge < -0.3 is 25.0 Å². The van der Waals surface area contributed by atoms with Gasteiger partial charge in [-0.3, -0.25) is 14.4 Å². The van der Waals surface area contributed by atoms with Gasteiger partial charge in [0.15, 0.2) is 0 Å². The van der Waals surface area contributed by atoms with Crippen LogP contribution in [0.5, 0.6) is 5.75 Å². The maximum absolute atomic E-state index is 13.5. The maximum Gasteiger partial charge on any atom is 0.334 e. The Balaban J connectivity index is 1.58. The van der Waals surface area contributed by atoms with Crippen LogP contribution in [-0.2, 0) is 27.5 Å². The second-order valence-corrected chi connectivity index (χ2v) is 9.10. The zero-order chi connectivity index (χ0) is 26.5. The number of carboxylic acid groups (broad SMARTS) is 1. The van der Waals surface area contributed by atoms with E-state index in [1.165, 1.54) is 14.9 Å². The zero-order valence-corrected chi connectivity index (χ0v) is 20.9. The van der Waals surface area contributed by atoms with Crippen LogP contribution in [0, 0.1) is 0 Å². The van der Waals surface area contributed by atoms with Crippen molar-refractivity contribution in [3.05, 3.63) is 65.7 Å². The molecule has 2 N–H and O–H groups in total. The van der Waals surface area contributed by atoms with Gasteiger partial charge in [-0.05, 0) is 29.7 Å². The number of urea groups is 1. The highest BCUT2D eigenvalue weighted by Gasteiger charge is 2.50. The van der Waals surface area contributed by atoms with Gasteiger partial charge in [-0.1, -0.05) is 42.5 Å². The Kier molecular flexibility index (Phi) is 7.92. The van der Waals surface area contributed by atoms with Gasteiger partial charge in [-0.25, -0.2) is 14.8 Å². The quantitative estimate of drug-likeness (QED) is 0.553. The van der Waals surface area contributed by atoms with E-state index in [2.05, 4.69) is 5.32 Å². The van der Waals surface area contributed by atoms with Crippen LogP contribution in [0.4, 0.5) is 4.79 Å². The Hall–Kier alpha value is -4.12. The molecule has 2 saturated heterocycles. The fourth-order valence-electron chi connectivity index (χ4n) is 4.79. The first-order valence-corrected chi connectivity index (χ1v) is 12.0. The highest BCUT2D eigenvalue weighted by molar-refractivity contribution is 5.91. The molecule has 11 nitrogen and oxygen atoms in total. The molecule has 2 aliphatic heterocycles. The van der Waals surface area contributed by atoms with Gasteiger partial charge in [0.25, 0.3) is 0 Å². The van der Waals surface area contributed by atoms with Gasteiger partial charge in [0.1, 0.15) is 18.0 Å². The summed E-state index contributed by atoms with van der Waals surface area (Å²) >= 11 is 0. The van der Waals surface area contributed by atoms with Crippen LogP contribution >= 0.6 is 0 Å². The van der Waals surface area contributed by atoms with Crippen molar-refractivity contribution in [1.29, 1.82) is 0 Å². The molecule has 2 atom stereocenters. The highest BCUT2D eigenvalue weighted by atomic mass is 16.5. The number of carboxylic acids is 1. The number of aliphatic carboxylic acids is 1. The predicted octanol–water partition coefficient (Wildman–Crippen LogP) is 1.50. The molecule has 0 aliphatic carbocycles. The van der Waals surface area contributed by atoms with E-state index >= 15 is 0 Å². The molecule has 37 heavy (non-hydrogen) atoms. The Labute approximate surface area is 215 Å². The summed E-state index contributed by atoms with van der Waals surface area (Å²) in [6, 6.07) is 15.3. The van der Waals surface area contributed by atoms with Gasteiger partial charge >= 0.3 is 12.0 Å². The molecule has 0 aromatic heterocycles. The van der Waals surface area contributed by atoms with Crippen molar-refractivity contribution in [2.45, 2.75) is 38.1 Å². The molecule has 4 amide bonds. The van der Waals surface area contributed by atoms with E-state index in [0.29, 0.717) is 5.75 Å². The van der Waals surface area contributed by atoms with E-state index in [-0.39, 0.29) is 50.8 Å². The van der Waals surface area contributed by atoms with Crippen LogP contribution in [0.1, 0.15) is 24.0 Å². The van der Waals surface area contributed by atoms with E-state index in [1.807, 2.05) is 42.5 Å². The minimum atomic E-state index is -1.06. The number of nitrogens with zero attached hydrogens (tertiary/aromatic N) is 4. The molecular weight excluding hydrogens is 478 g/mol. The number of rotatable bonds is 8. The molecular formula is C26H31N5O6. The molecule has 0 spiro atoms. The number of ether oxygens (including phenoxy) is 1. The van der Waals surface area contributed by atoms with Crippen molar-refractivity contribution in [3.63, 3.8) is 0 Å². The summed E-state index contributed by atoms with van der Waals surface area (Å²) in [6.45, 7) is 0.529. The van der Waals surface area contributed by atoms with Gasteiger partial charge in [-0.15, -0.1) is 0 Å². The summed E-state index contributed by atoms with van der Waals surface area (Å²) in [5.74, 6) is -0.995. The Morgan fingerprint density at radius 3 is 2.41 bits per heavy atom. The number of methoxy groups -OCH3 is 1. The largest absolute Gasteiger partial charge is 0.497 e. The monoisotopic (exact) mass is 509 g/mol. The lowest BCUT2D eigenvalue weighted by molar-refractivity contribution is -0.188. The van der Waals surface area contributed by atoms with Gasteiger partial charge in [0.05, 0.1) is 20.2 Å². The van der Waals surface area contributed by atoms with Crippen LogP contribution in [0.15, 0.2) is 54.6 Å². The van der Waals surface area contributed by atoms with Crippen LogP contribution < -0.4 is 10.1 Å². The smallest absolute Gasteiger partial charge is 0.334 e. The van der Waals surface area contributed by atoms with E-state index in [4.69, 9.17) is 4.74 Å². The third-order valence-electron chi connectivity index (χ3n) is 6.60. The Morgan fingerprint density at radius 2 is 1.76 bits per heavy atom. The summed E-state index contributed by atoms with van der Waals surface area (Å²) < 4.78 is 5.17. The van der Waals surface area contributed by atoms with E-state index in [9.17, 15) is 24.3 Å². The average molecular weight is 510 g/mol. The van der Waals surface area contributed by atoms with E-state index in [0.717, 1.165) is 11.1 Å². The number of piperazine rings is 1. The molecule has 196 valence electrons. The summed E-state index contributed by atoms with van der Waals surface area (Å²) in [5, 5.41) is 15.1. The second kappa shape index (κ2) is 11.3. The van der Waals surface area contributed by atoms with Crippen molar-refractivity contribution in [2.75, 3.05) is 27.2 Å². The molecule has 11 heteroatoms. The van der Waals surface area contributed by atoms with E-state index < -0.39 is 24.2 Å². The van der Waals surface area contributed by atoms with Gasteiger partial charge in [0, 0.05) is 26.6 Å². The molecule has 0 bridgehead atoms. The summed E-state index contributed by atoms with van der Waals surface area (Å²) in [6.07, 6.45) is -1.08. The molecule has 2 heterocycles. The fraction of sp³-hybridized carbons (Fsp3) is 0.385. The lowest BCUT2D eigenvalue weighted by atomic mass is 10.0. The fourth-order valence-corrected chi connectivity index (χ4v) is 4.79. The number of fused-ring (bicyclic) bond motifs is 1. The van der Waals surface area contributed by atoms with Crippen LogP contribution in [0.3, 0.4) is 0 Å². The molecule has 2 aromatic carbocycles. The first kappa shape index (κ1) is 26.0. The number of hydrogen-bond acceptors (Lipinski definition) is 6. The van der Waals surface area contributed by atoms with Crippen molar-refractivity contribution in [1.82, 2.24) is 25.1 Å². The first-order chi connectivity index (χ1) is 17.8. The summed E-state index contributed by atoms with van der Waals surface area (Å²) in [5.41, 5.74) is 1.76. The van der Waals surface area contributed by atoms with Crippen LogP contribution in [0.2, 0.25) is 0 Å². The number of hydrazine groups is 1. The summed E-state index contributed by atoms with van der Waals surface area (Å²) in [4.78, 5) is 54.3. The molecule has 4 rings (SSSR count). The number of likely N-dealkylation sites (N-methyl/N-ethyl adjacent to an activating group) is 1. The van der Waals surface area contributed by atoms with Gasteiger partial charge in [-0.2, -0.15) is 0 Å². The molecule has 2 aromatic rings. The standard InChI is InChI=1S/C26H31N5O6/c1-28-17-23(32)30-21(12-13-24(33)34)25(35)29(15-19-6-4-3-5-7-19)16-22(30)31(28)26(36)27-14-18-8-10-20(37-2)11-9-18/h3-11,21-22H,12-17H2,1-2H3,(H,27,36)(H,33,34)/t21?,22-/m0/s1. The third-order valence-corrected chi connectivity index (χ3v) is 6.60. The van der Waals surface area contributed by atoms with E-state index in [1.54, 1.807) is 31.2 Å². The Morgan fingerprint density at radius 1 is 1.05 bits per heavy atom. The maximum atomic E-state index is 13.5. The number of carbonyl (C=O) groups is 4. The number of nitrogens with one attached hydrogen (secondary N) is 1. The number of carbonyl (C=O) groups excluding carboxylic acids is 3. The minimum Gasteiger partial charge on any atom is -0.497 e. The van der Waals surface area contributed by atoms with Crippen LogP contribution in [0.25, 0.3) is 0 Å². The number of hydrogen-bond donors (Lipinski definition) is 2. The molecule has 1 unspecified atom stereocenters. The molecule has 0 saturated carbocycles. The highest BCUT2D eigenvalue weighted by Crippen LogP contribution is 2.29. The molecule has 2 fully saturated rings. The van der Waals surface area contributed by atoms with Crippen molar-refractivity contribution >= 4 is 23.8 Å². The number of amides is 4.